The number of para-hydroxylation sites is 1. The topological polar surface area (TPSA) is 33.1 Å². The zero-order chi connectivity index (χ0) is 25.0. The van der Waals surface area contributed by atoms with E-state index in [-0.39, 0.29) is 6.04 Å². The molecular weight excluding hydrogens is 550 g/mol. The van der Waals surface area contributed by atoms with Crippen LogP contribution in [-0.2, 0) is 17.7 Å². The Morgan fingerprint density at radius 3 is 2.49 bits per heavy atom. The molecule has 2 bridgehead atoms. The molecule has 3 saturated heterocycles. The Morgan fingerprint density at radius 2 is 1.80 bits per heavy atom. The Hall–Kier alpha value is -1.36. The van der Waals surface area contributed by atoms with E-state index in [0.29, 0.717) is 11.8 Å². The summed E-state index contributed by atoms with van der Waals surface area (Å²) in [7, 11) is 14.5. The summed E-state index contributed by atoms with van der Waals surface area (Å²) < 4.78 is 0.929. The fourth-order valence-corrected chi connectivity index (χ4v) is 6.09. The zero-order valence-electron chi connectivity index (χ0n) is 19.5. The van der Waals surface area contributed by atoms with Crippen LogP contribution in [0.3, 0.4) is 0 Å². The van der Waals surface area contributed by atoms with Crippen LogP contribution < -0.4 is 0 Å². The third-order valence-corrected chi connectivity index (χ3v) is 7.75. The summed E-state index contributed by atoms with van der Waals surface area (Å²) in [5.41, 5.74) is 4.43. The maximum absolute atomic E-state index is 11.8. The normalized spacial score (nSPS) is 26.4. The standard InChI is InChI=1S/C28H31N2O.3ClH.Cu/c1-3-20-9-11-21(12-10-20)18-30-16-14-23(22(4-2)19-30)17-27(30)28(31)25-13-15-29-26-8-6-5-7-24(25)26;;;;/h3-13,15,22-23,27-28,31H,1-2,14,16-19H2;3*1H;/q+1;;;;+2/p-3/t22-,23-,27-,28+,30+;;;;/m0..../s1. The van der Waals surface area contributed by atoms with Gasteiger partial charge in [0.05, 0.1) is 18.6 Å². The molecule has 1 aromatic heterocycles. The van der Waals surface area contributed by atoms with Crippen molar-refractivity contribution in [2.45, 2.75) is 31.5 Å². The van der Waals surface area contributed by atoms with Crippen molar-refractivity contribution in [3.05, 3.63) is 96.7 Å². The van der Waals surface area contributed by atoms with Crippen molar-refractivity contribution in [3.63, 3.8) is 0 Å². The van der Waals surface area contributed by atoms with Crippen molar-refractivity contribution in [2.24, 2.45) is 11.8 Å². The van der Waals surface area contributed by atoms with E-state index < -0.39 is 17.3 Å². The van der Waals surface area contributed by atoms with Crippen molar-refractivity contribution < 1.29 is 20.8 Å². The summed E-state index contributed by atoms with van der Waals surface area (Å²) >= 11 is -0.896. The number of quaternary nitrogens is 1. The van der Waals surface area contributed by atoms with Crippen LogP contribution in [0.1, 0.15) is 35.6 Å². The van der Waals surface area contributed by atoms with Gasteiger partial charge in [0, 0.05) is 35.9 Å². The minimum absolute atomic E-state index is 0.180. The summed E-state index contributed by atoms with van der Waals surface area (Å²) in [6.07, 6.45) is 7.62. The molecule has 3 aliphatic heterocycles. The third kappa shape index (κ3) is 5.97. The molecule has 35 heavy (non-hydrogen) atoms. The Balaban J connectivity index is 0.000000672. The molecule has 0 saturated carbocycles. The van der Waals surface area contributed by atoms with Crippen LogP contribution >= 0.6 is 30.3 Å². The first-order chi connectivity index (χ1) is 16.9. The number of aromatic nitrogens is 1. The predicted molar refractivity (Wildman–Crippen MR) is 145 cm³/mol. The molecule has 6 rings (SSSR count). The third-order valence-electron chi connectivity index (χ3n) is 7.75. The number of nitrogens with zero attached hydrogens (tertiary/aromatic N) is 2. The van der Waals surface area contributed by atoms with Crippen LogP contribution in [-0.4, -0.2) is 33.7 Å². The van der Waals surface area contributed by atoms with E-state index in [0.717, 1.165) is 52.6 Å². The molecule has 3 aromatic rings. The molecule has 7 heteroatoms. The van der Waals surface area contributed by atoms with Crippen LogP contribution in [0.5, 0.6) is 0 Å². The average Bonchev–Trinajstić information content (AvgIpc) is 2.88. The SMILES string of the molecule is C=Cc1ccc(C[N@@+]23CC[C@@H](C[C@H]2[C@H](O)c2ccnc4ccccc24)[C@@H](C=C)C3)cc1.[Cl][Cu-]([Cl])[Cl]. The summed E-state index contributed by atoms with van der Waals surface area (Å²) in [4.78, 5) is 4.51. The van der Waals surface area contributed by atoms with Crippen molar-refractivity contribution >= 4 is 47.3 Å². The van der Waals surface area contributed by atoms with Gasteiger partial charge in [0.1, 0.15) is 18.7 Å². The van der Waals surface area contributed by atoms with E-state index in [1.54, 1.807) is 0 Å². The zero-order valence-corrected chi connectivity index (χ0v) is 22.7. The van der Waals surface area contributed by atoms with E-state index in [9.17, 15) is 5.11 Å². The molecule has 0 spiro atoms. The molecule has 5 atom stereocenters. The maximum atomic E-state index is 11.8. The molecule has 4 heterocycles. The van der Waals surface area contributed by atoms with Gasteiger partial charge in [-0.3, -0.25) is 4.98 Å². The number of piperidine rings is 3. The fraction of sp³-hybridized carbons (Fsp3) is 0.321. The average molecular weight is 581 g/mol. The Kier molecular flexibility index (Phi) is 8.99. The van der Waals surface area contributed by atoms with Gasteiger partial charge >= 0.3 is 41.5 Å². The quantitative estimate of drug-likeness (QED) is 0.185. The second-order valence-corrected chi connectivity index (χ2v) is 14.1. The molecule has 3 aliphatic rings. The molecule has 1 N–H and O–H groups in total. The van der Waals surface area contributed by atoms with Crippen molar-refractivity contribution in [3.8, 4) is 0 Å². The van der Waals surface area contributed by atoms with Crippen molar-refractivity contribution in [2.75, 3.05) is 13.1 Å². The van der Waals surface area contributed by atoms with Gasteiger partial charge in [-0.05, 0) is 29.2 Å². The van der Waals surface area contributed by atoms with Crippen LogP contribution in [0.4, 0.5) is 0 Å². The summed E-state index contributed by atoms with van der Waals surface area (Å²) in [6, 6.07) is 19.1. The molecule has 0 unspecified atom stereocenters. The molecule has 191 valence electrons. The molecular formula is C28H31Cl3CuN2O. The molecule has 3 fully saturated rings. The van der Waals surface area contributed by atoms with Gasteiger partial charge in [-0.15, -0.1) is 6.58 Å². The minimum atomic E-state index is -0.896. The second-order valence-electron chi connectivity index (χ2n) is 9.47. The van der Waals surface area contributed by atoms with E-state index in [1.165, 1.54) is 12.0 Å². The van der Waals surface area contributed by atoms with E-state index in [4.69, 9.17) is 30.3 Å². The van der Waals surface area contributed by atoms with Gasteiger partial charge in [-0.25, -0.2) is 0 Å². The number of hydrogen-bond donors (Lipinski definition) is 1. The van der Waals surface area contributed by atoms with Crippen molar-refractivity contribution in [1.82, 2.24) is 4.98 Å². The Bertz CT molecular complexity index is 1160. The van der Waals surface area contributed by atoms with Gasteiger partial charge in [0.2, 0.25) is 0 Å². The summed E-state index contributed by atoms with van der Waals surface area (Å²) in [5.74, 6) is 1.15. The number of aliphatic hydroxyl groups is 1. The Labute approximate surface area is 225 Å². The van der Waals surface area contributed by atoms with E-state index in [1.807, 2.05) is 36.5 Å². The number of fused-ring (bicyclic) bond motifs is 4. The number of halogens is 3. The van der Waals surface area contributed by atoms with Gasteiger partial charge in [0.25, 0.3) is 0 Å². The number of rotatable bonds is 6. The van der Waals surface area contributed by atoms with Crippen LogP contribution in [0.25, 0.3) is 17.0 Å². The Morgan fingerprint density at radius 1 is 1.09 bits per heavy atom. The molecule has 0 radical (unpaired) electrons. The monoisotopic (exact) mass is 579 g/mol. The van der Waals surface area contributed by atoms with Crippen LogP contribution in [0.2, 0.25) is 0 Å². The molecule has 0 aliphatic carbocycles. The molecule has 0 amide bonds. The van der Waals surface area contributed by atoms with Gasteiger partial charge in [0.15, 0.2) is 0 Å². The number of hydrogen-bond acceptors (Lipinski definition) is 2. The number of pyridine rings is 1. The van der Waals surface area contributed by atoms with Crippen LogP contribution in [0.15, 0.2) is 80.0 Å². The van der Waals surface area contributed by atoms with Gasteiger partial charge < -0.3 is 9.59 Å². The fourth-order valence-electron chi connectivity index (χ4n) is 6.09. The molecule has 2 aromatic carbocycles. The first kappa shape index (κ1) is 26.7. The first-order valence-electron chi connectivity index (χ1n) is 11.7. The van der Waals surface area contributed by atoms with E-state index >= 15 is 0 Å². The van der Waals surface area contributed by atoms with E-state index in [2.05, 4.69) is 54.5 Å². The molecule has 3 nitrogen and oxygen atoms in total. The van der Waals surface area contributed by atoms with Crippen molar-refractivity contribution in [1.29, 1.82) is 0 Å². The van der Waals surface area contributed by atoms with Crippen LogP contribution in [0, 0.1) is 11.8 Å². The summed E-state index contributed by atoms with van der Waals surface area (Å²) in [5, 5.41) is 12.8. The number of aliphatic hydroxyl groups excluding tert-OH is 1. The predicted octanol–water partition coefficient (Wildman–Crippen LogP) is 7.59. The van der Waals surface area contributed by atoms with Gasteiger partial charge in [-0.1, -0.05) is 61.2 Å². The second kappa shape index (κ2) is 11.8. The van der Waals surface area contributed by atoms with Gasteiger partial charge in [-0.2, -0.15) is 0 Å². The first-order valence-corrected chi connectivity index (χ1v) is 15.6. The summed E-state index contributed by atoms with van der Waals surface area (Å²) in [6.45, 7) is 11.1. The number of benzene rings is 2.